The Kier molecular flexibility index (Phi) is 4.85. The number of hydrogen-bond donors (Lipinski definition) is 0. The van der Waals surface area contributed by atoms with Gasteiger partial charge in [-0.15, -0.1) is 0 Å². The summed E-state index contributed by atoms with van der Waals surface area (Å²) >= 11 is 0. The molecule has 1 saturated heterocycles. The van der Waals surface area contributed by atoms with E-state index >= 15 is 0 Å². The molecule has 2 aromatic rings. The molecule has 2 aliphatic heterocycles. The van der Waals surface area contributed by atoms with E-state index in [1.165, 1.54) is 0 Å². The lowest BCUT2D eigenvalue weighted by Crippen LogP contribution is -2.41. The molecule has 0 spiro atoms. The van der Waals surface area contributed by atoms with Crippen LogP contribution in [0.2, 0.25) is 0 Å². The van der Waals surface area contributed by atoms with Gasteiger partial charge in [0.05, 0.1) is 37.1 Å². The molecule has 0 bridgehead atoms. The van der Waals surface area contributed by atoms with Gasteiger partial charge in [-0.05, 0) is 37.6 Å². The normalized spacial score (nSPS) is 16.3. The van der Waals surface area contributed by atoms with Crippen molar-refractivity contribution in [2.45, 2.75) is 26.5 Å². The van der Waals surface area contributed by atoms with Gasteiger partial charge in [-0.1, -0.05) is 0 Å². The van der Waals surface area contributed by atoms with Gasteiger partial charge in [0.1, 0.15) is 5.69 Å². The third-order valence-corrected chi connectivity index (χ3v) is 4.54. The Hall–Kier alpha value is -2.80. The lowest BCUT2D eigenvalue weighted by atomic mass is 10.0. The van der Waals surface area contributed by atoms with Crippen LogP contribution in [0.3, 0.4) is 0 Å². The molecule has 2 aliphatic rings. The first-order valence-corrected chi connectivity index (χ1v) is 9.16. The van der Waals surface area contributed by atoms with Crippen molar-refractivity contribution < 1.29 is 14.3 Å². The average Bonchev–Trinajstić information content (AvgIpc) is 3.13. The van der Waals surface area contributed by atoms with Gasteiger partial charge >= 0.3 is 0 Å². The summed E-state index contributed by atoms with van der Waals surface area (Å²) in [6.45, 7) is 6.82. The molecule has 140 valence electrons. The van der Waals surface area contributed by atoms with Gasteiger partial charge in [0.2, 0.25) is 5.88 Å². The van der Waals surface area contributed by atoms with Gasteiger partial charge in [0.25, 0.3) is 5.91 Å². The predicted octanol–water partition coefficient (Wildman–Crippen LogP) is 2.09. The highest BCUT2D eigenvalue weighted by Gasteiger charge is 2.25. The molecule has 1 fully saturated rings. The predicted molar refractivity (Wildman–Crippen MR) is 100 cm³/mol. The number of fused-ring (bicyclic) bond motifs is 1. The number of rotatable bonds is 4. The van der Waals surface area contributed by atoms with E-state index in [4.69, 9.17) is 9.47 Å². The zero-order valence-electron chi connectivity index (χ0n) is 15.5. The summed E-state index contributed by atoms with van der Waals surface area (Å²) in [6, 6.07) is 5.63. The Bertz CT molecular complexity index is 889. The summed E-state index contributed by atoms with van der Waals surface area (Å²) in [7, 11) is 0. The zero-order chi connectivity index (χ0) is 18.8. The number of hydrogen-bond acceptors (Lipinski definition) is 6. The molecule has 0 atom stereocenters. The fraction of sp³-hybridized carbons (Fsp3) is 0.400. The number of carbonyl (C=O) groups is 1. The maximum absolute atomic E-state index is 12.8. The highest BCUT2D eigenvalue weighted by Crippen LogP contribution is 2.30. The molecule has 4 rings (SSSR count). The van der Waals surface area contributed by atoms with Crippen LogP contribution in [0.1, 0.15) is 41.0 Å². The fourth-order valence-electron chi connectivity index (χ4n) is 3.28. The molecular formula is C20H22N4O3. The van der Waals surface area contributed by atoms with Crippen LogP contribution in [-0.2, 0) is 11.3 Å². The number of nitrogens with zero attached hydrogens (tertiary/aromatic N) is 4. The topological polar surface area (TPSA) is 76.9 Å². The van der Waals surface area contributed by atoms with Gasteiger partial charge in [0, 0.05) is 31.0 Å². The second kappa shape index (κ2) is 7.44. The van der Waals surface area contributed by atoms with Gasteiger partial charge in [0.15, 0.2) is 0 Å². The van der Waals surface area contributed by atoms with E-state index in [1.54, 1.807) is 23.4 Å². The highest BCUT2D eigenvalue weighted by atomic mass is 16.5. The standard InChI is InChI=1S/C20H22N4O3/c1-13(2)27-19-17-15(4-6-22-19)12-23-18(17)14-3-5-21-16(11-14)20(25)24-7-9-26-10-8-24/h3-6,11,13H,7-10,12H2,1-2H3. The van der Waals surface area contributed by atoms with Crippen molar-refractivity contribution >= 4 is 11.6 Å². The Morgan fingerprint density at radius 3 is 2.74 bits per heavy atom. The highest BCUT2D eigenvalue weighted by molar-refractivity contribution is 6.17. The molecule has 2 aromatic heterocycles. The first-order chi connectivity index (χ1) is 13.1. The molecular weight excluding hydrogens is 344 g/mol. The molecule has 0 saturated carbocycles. The van der Waals surface area contributed by atoms with Crippen LogP contribution in [0.25, 0.3) is 0 Å². The first kappa shape index (κ1) is 17.6. The summed E-state index contributed by atoms with van der Waals surface area (Å²) in [6.07, 6.45) is 3.42. The summed E-state index contributed by atoms with van der Waals surface area (Å²) in [4.78, 5) is 27.9. The van der Waals surface area contributed by atoms with E-state index in [1.807, 2.05) is 26.0 Å². The molecule has 7 nitrogen and oxygen atoms in total. The largest absolute Gasteiger partial charge is 0.474 e. The smallest absolute Gasteiger partial charge is 0.272 e. The number of aromatic nitrogens is 2. The minimum atomic E-state index is -0.0798. The van der Waals surface area contributed by atoms with Gasteiger partial charge < -0.3 is 14.4 Å². The van der Waals surface area contributed by atoms with E-state index in [9.17, 15) is 4.79 Å². The van der Waals surface area contributed by atoms with Gasteiger partial charge in [-0.3, -0.25) is 14.8 Å². The number of morpholine rings is 1. The number of aliphatic imine (C=N–C) groups is 1. The molecule has 0 N–H and O–H groups in total. The number of pyridine rings is 2. The minimum Gasteiger partial charge on any atom is -0.474 e. The van der Waals surface area contributed by atoms with Crippen molar-refractivity contribution in [3.8, 4) is 5.88 Å². The maximum atomic E-state index is 12.8. The third kappa shape index (κ3) is 3.55. The number of amides is 1. The molecule has 27 heavy (non-hydrogen) atoms. The summed E-state index contributed by atoms with van der Waals surface area (Å²) in [5, 5.41) is 0. The van der Waals surface area contributed by atoms with Crippen molar-refractivity contribution in [3.63, 3.8) is 0 Å². The zero-order valence-corrected chi connectivity index (χ0v) is 15.5. The second-order valence-electron chi connectivity index (χ2n) is 6.82. The third-order valence-electron chi connectivity index (χ3n) is 4.54. The molecule has 0 radical (unpaired) electrons. The van der Waals surface area contributed by atoms with Crippen molar-refractivity contribution in [2.75, 3.05) is 26.3 Å². The van der Waals surface area contributed by atoms with Crippen LogP contribution in [0.4, 0.5) is 0 Å². The van der Waals surface area contributed by atoms with Crippen molar-refractivity contribution in [1.29, 1.82) is 0 Å². The molecule has 0 aromatic carbocycles. The SMILES string of the molecule is CC(C)Oc1nccc2c1C(c1ccnc(C(=O)N3CCOCC3)c1)=NC2. The second-order valence-corrected chi connectivity index (χ2v) is 6.82. The fourth-order valence-corrected chi connectivity index (χ4v) is 3.28. The molecule has 7 heteroatoms. The van der Waals surface area contributed by atoms with E-state index in [2.05, 4.69) is 15.0 Å². The Morgan fingerprint density at radius 1 is 1.19 bits per heavy atom. The Balaban J connectivity index is 1.66. The maximum Gasteiger partial charge on any atom is 0.272 e. The van der Waals surface area contributed by atoms with E-state index in [-0.39, 0.29) is 12.0 Å². The molecule has 4 heterocycles. The van der Waals surface area contributed by atoms with E-state index in [0.717, 1.165) is 22.4 Å². The Morgan fingerprint density at radius 2 is 1.96 bits per heavy atom. The van der Waals surface area contributed by atoms with Gasteiger partial charge in [-0.2, -0.15) is 0 Å². The van der Waals surface area contributed by atoms with Crippen molar-refractivity contribution in [2.24, 2.45) is 4.99 Å². The van der Waals surface area contributed by atoms with Crippen LogP contribution >= 0.6 is 0 Å². The van der Waals surface area contributed by atoms with Crippen LogP contribution in [0.15, 0.2) is 35.6 Å². The van der Waals surface area contributed by atoms with Crippen LogP contribution in [-0.4, -0.2) is 58.9 Å². The molecule has 1 amide bonds. The lowest BCUT2D eigenvalue weighted by molar-refractivity contribution is 0.0299. The van der Waals surface area contributed by atoms with Crippen LogP contribution < -0.4 is 4.74 Å². The molecule has 0 unspecified atom stereocenters. The van der Waals surface area contributed by atoms with Crippen LogP contribution in [0.5, 0.6) is 5.88 Å². The quantitative estimate of drug-likeness (QED) is 0.828. The van der Waals surface area contributed by atoms with Gasteiger partial charge in [-0.25, -0.2) is 4.98 Å². The lowest BCUT2D eigenvalue weighted by Gasteiger charge is -2.26. The minimum absolute atomic E-state index is 0.0155. The number of carbonyl (C=O) groups excluding carboxylic acids is 1. The van der Waals surface area contributed by atoms with E-state index in [0.29, 0.717) is 44.4 Å². The summed E-state index contributed by atoms with van der Waals surface area (Å²) in [5.74, 6) is 0.500. The van der Waals surface area contributed by atoms with Crippen molar-refractivity contribution in [1.82, 2.24) is 14.9 Å². The van der Waals surface area contributed by atoms with Crippen molar-refractivity contribution in [3.05, 3.63) is 53.0 Å². The summed E-state index contributed by atoms with van der Waals surface area (Å²) < 4.78 is 11.2. The molecule has 0 aliphatic carbocycles. The Labute approximate surface area is 158 Å². The van der Waals surface area contributed by atoms with Crippen LogP contribution in [0, 0.1) is 0 Å². The average molecular weight is 366 g/mol. The number of ether oxygens (including phenoxy) is 2. The summed E-state index contributed by atoms with van der Waals surface area (Å²) in [5.41, 5.74) is 4.05. The monoisotopic (exact) mass is 366 g/mol. The first-order valence-electron chi connectivity index (χ1n) is 9.16. The van der Waals surface area contributed by atoms with E-state index < -0.39 is 0 Å².